The van der Waals surface area contributed by atoms with Gasteiger partial charge < -0.3 is 14.8 Å². The number of benzene rings is 2. The summed E-state index contributed by atoms with van der Waals surface area (Å²) in [7, 11) is -0.522. The Labute approximate surface area is 183 Å². The standard InChI is InChI=1S/C21H27ClN2O5S/c1-5-20(29-17-8-11-19(22)15(2)14-17)21(25)23-12-13-28-16-6-9-18(10-7-16)30(26,27)24(3)4/h6-11,14,20H,5,12-13H2,1-4H3,(H,23,25). The first-order chi connectivity index (χ1) is 14.1. The van der Waals surface area contributed by atoms with Gasteiger partial charge in [0.2, 0.25) is 10.0 Å². The number of aryl methyl sites for hydroxylation is 1. The van der Waals surface area contributed by atoms with Gasteiger partial charge in [-0.25, -0.2) is 12.7 Å². The summed E-state index contributed by atoms with van der Waals surface area (Å²) in [4.78, 5) is 12.6. The molecule has 0 aliphatic carbocycles. The normalized spacial score (nSPS) is 12.5. The highest BCUT2D eigenvalue weighted by molar-refractivity contribution is 7.89. The second kappa shape index (κ2) is 10.7. The number of halogens is 1. The van der Waals surface area contributed by atoms with Crippen LogP contribution in [0.1, 0.15) is 18.9 Å². The van der Waals surface area contributed by atoms with Crippen LogP contribution in [0.2, 0.25) is 5.02 Å². The topological polar surface area (TPSA) is 84.9 Å². The van der Waals surface area contributed by atoms with Crippen molar-refractivity contribution in [3.05, 3.63) is 53.1 Å². The molecule has 1 unspecified atom stereocenters. The van der Waals surface area contributed by atoms with E-state index in [1.54, 1.807) is 30.3 Å². The average molecular weight is 455 g/mol. The number of nitrogens with one attached hydrogen (secondary N) is 1. The van der Waals surface area contributed by atoms with Gasteiger partial charge in [0.1, 0.15) is 18.1 Å². The number of hydrogen-bond acceptors (Lipinski definition) is 5. The molecule has 0 aliphatic rings. The van der Waals surface area contributed by atoms with E-state index in [1.165, 1.54) is 26.2 Å². The molecule has 0 spiro atoms. The quantitative estimate of drug-likeness (QED) is 0.557. The van der Waals surface area contributed by atoms with E-state index >= 15 is 0 Å². The summed E-state index contributed by atoms with van der Waals surface area (Å²) < 4.78 is 36.6. The summed E-state index contributed by atoms with van der Waals surface area (Å²) in [5.74, 6) is 0.867. The van der Waals surface area contributed by atoms with Gasteiger partial charge in [-0.05, 0) is 61.4 Å². The Morgan fingerprint density at radius 1 is 1.13 bits per heavy atom. The van der Waals surface area contributed by atoms with Crippen LogP contribution >= 0.6 is 11.6 Å². The number of amides is 1. The van der Waals surface area contributed by atoms with Crippen molar-refractivity contribution in [3.8, 4) is 11.5 Å². The first-order valence-corrected chi connectivity index (χ1v) is 11.3. The number of hydrogen-bond donors (Lipinski definition) is 1. The maximum atomic E-state index is 12.4. The maximum absolute atomic E-state index is 12.4. The largest absolute Gasteiger partial charge is 0.492 e. The minimum absolute atomic E-state index is 0.188. The summed E-state index contributed by atoms with van der Waals surface area (Å²) in [6, 6.07) is 11.4. The summed E-state index contributed by atoms with van der Waals surface area (Å²) >= 11 is 6.01. The van der Waals surface area contributed by atoms with Crippen molar-refractivity contribution in [1.29, 1.82) is 0 Å². The molecule has 0 radical (unpaired) electrons. The smallest absolute Gasteiger partial charge is 0.261 e. The first-order valence-electron chi connectivity index (χ1n) is 9.51. The molecule has 30 heavy (non-hydrogen) atoms. The van der Waals surface area contributed by atoms with Crippen LogP contribution < -0.4 is 14.8 Å². The van der Waals surface area contributed by atoms with Crippen LogP contribution in [0.5, 0.6) is 11.5 Å². The van der Waals surface area contributed by atoms with E-state index < -0.39 is 16.1 Å². The summed E-state index contributed by atoms with van der Waals surface area (Å²) in [6.45, 7) is 4.26. The van der Waals surface area contributed by atoms with E-state index in [0.29, 0.717) is 22.9 Å². The van der Waals surface area contributed by atoms with Gasteiger partial charge in [0.15, 0.2) is 6.10 Å². The molecule has 1 atom stereocenters. The van der Waals surface area contributed by atoms with Gasteiger partial charge in [-0.15, -0.1) is 0 Å². The summed E-state index contributed by atoms with van der Waals surface area (Å²) in [6.07, 6.45) is -0.114. The lowest BCUT2D eigenvalue weighted by atomic mass is 10.2. The highest BCUT2D eigenvalue weighted by Gasteiger charge is 2.19. The van der Waals surface area contributed by atoms with Gasteiger partial charge in [0.05, 0.1) is 11.4 Å². The van der Waals surface area contributed by atoms with Crippen LogP contribution in [0.25, 0.3) is 0 Å². The SMILES string of the molecule is CCC(Oc1ccc(Cl)c(C)c1)C(=O)NCCOc1ccc(S(=O)(=O)N(C)C)cc1. The zero-order chi connectivity index (χ0) is 22.3. The number of carbonyl (C=O) groups excluding carboxylic acids is 1. The minimum Gasteiger partial charge on any atom is -0.492 e. The van der Waals surface area contributed by atoms with E-state index in [1.807, 2.05) is 13.8 Å². The molecule has 7 nitrogen and oxygen atoms in total. The Morgan fingerprint density at radius 3 is 2.33 bits per heavy atom. The molecule has 0 saturated carbocycles. The van der Waals surface area contributed by atoms with Crippen LogP contribution in [-0.4, -0.2) is 52.0 Å². The van der Waals surface area contributed by atoms with Gasteiger partial charge in [-0.3, -0.25) is 4.79 Å². The van der Waals surface area contributed by atoms with Crippen molar-refractivity contribution in [1.82, 2.24) is 9.62 Å². The molecule has 0 aromatic heterocycles. The summed E-state index contributed by atoms with van der Waals surface area (Å²) in [5.41, 5.74) is 0.877. The van der Waals surface area contributed by atoms with Gasteiger partial charge in [0, 0.05) is 19.1 Å². The summed E-state index contributed by atoms with van der Waals surface area (Å²) in [5, 5.41) is 3.43. The Hall–Kier alpha value is -2.29. The molecule has 2 rings (SSSR count). The fourth-order valence-corrected chi connectivity index (χ4v) is 3.57. The van der Waals surface area contributed by atoms with Crippen molar-refractivity contribution < 1.29 is 22.7 Å². The second-order valence-corrected chi connectivity index (χ2v) is 9.38. The zero-order valence-corrected chi connectivity index (χ0v) is 19.1. The average Bonchev–Trinajstić information content (AvgIpc) is 2.72. The van der Waals surface area contributed by atoms with Crippen molar-refractivity contribution in [2.75, 3.05) is 27.2 Å². The Kier molecular flexibility index (Phi) is 8.52. The van der Waals surface area contributed by atoms with E-state index in [0.717, 1.165) is 9.87 Å². The van der Waals surface area contributed by atoms with Gasteiger partial charge in [-0.2, -0.15) is 0 Å². The number of ether oxygens (including phenoxy) is 2. The molecule has 0 bridgehead atoms. The molecule has 2 aromatic carbocycles. The maximum Gasteiger partial charge on any atom is 0.261 e. The molecule has 0 saturated heterocycles. The third kappa shape index (κ3) is 6.35. The molecule has 1 N–H and O–H groups in total. The lowest BCUT2D eigenvalue weighted by Crippen LogP contribution is -2.39. The number of sulfonamides is 1. The van der Waals surface area contributed by atoms with Gasteiger partial charge in [-0.1, -0.05) is 18.5 Å². The van der Waals surface area contributed by atoms with Crippen LogP contribution in [0, 0.1) is 6.92 Å². The molecule has 0 aliphatic heterocycles. The third-order valence-corrected chi connectivity index (χ3v) is 6.60. The second-order valence-electron chi connectivity index (χ2n) is 6.82. The van der Waals surface area contributed by atoms with Crippen molar-refractivity contribution in [3.63, 3.8) is 0 Å². The third-order valence-electron chi connectivity index (χ3n) is 4.34. The Bertz CT molecular complexity index is 962. The molecule has 2 aromatic rings. The molecule has 164 valence electrons. The monoisotopic (exact) mass is 454 g/mol. The fraction of sp³-hybridized carbons (Fsp3) is 0.381. The fourth-order valence-electron chi connectivity index (χ4n) is 2.55. The molecule has 9 heteroatoms. The molecular weight excluding hydrogens is 428 g/mol. The highest BCUT2D eigenvalue weighted by atomic mass is 35.5. The molecular formula is C21H27ClN2O5S. The van der Waals surface area contributed by atoms with Crippen LogP contribution in [0.15, 0.2) is 47.4 Å². The molecule has 1 amide bonds. The van der Waals surface area contributed by atoms with E-state index in [4.69, 9.17) is 21.1 Å². The van der Waals surface area contributed by atoms with E-state index in [-0.39, 0.29) is 24.0 Å². The predicted molar refractivity (Wildman–Crippen MR) is 117 cm³/mol. The van der Waals surface area contributed by atoms with Gasteiger partial charge in [0.25, 0.3) is 5.91 Å². The minimum atomic E-state index is -3.47. The Morgan fingerprint density at radius 2 is 1.77 bits per heavy atom. The first kappa shape index (κ1) is 24.0. The lowest BCUT2D eigenvalue weighted by molar-refractivity contribution is -0.128. The zero-order valence-electron chi connectivity index (χ0n) is 17.5. The van der Waals surface area contributed by atoms with Crippen LogP contribution in [0.3, 0.4) is 0 Å². The van der Waals surface area contributed by atoms with Crippen molar-refractivity contribution in [2.45, 2.75) is 31.3 Å². The van der Waals surface area contributed by atoms with E-state index in [2.05, 4.69) is 5.32 Å². The van der Waals surface area contributed by atoms with Crippen molar-refractivity contribution >= 4 is 27.5 Å². The number of carbonyl (C=O) groups is 1. The Balaban J connectivity index is 1.82. The highest BCUT2D eigenvalue weighted by Crippen LogP contribution is 2.22. The van der Waals surface area contributed by atoms with E-state index in [9.17, 15) is 13.2 Å². The number of rotatable bonds is 10. The van der Waals surface area contributed by atoms with Gasteiger partial charge >= 0.3 is 0 Å². The van der Waals surface area contributed by atoms with Crippen LogP contribution in [-0.2, 0) is 14.8 Å². The predicted octanol–water partition coefficient (Wildman–Crippen LogP) is 3.25. The van der Waals surface area contributed by atoms with Crippen LogP contribution in [0.4, 0.5) is 0 Å². The molecule has 0 fully saturated rings. The van der Waals surface area contributed by atoms with Crippen molar-refractivity contribution in [2.24, 2.45) is 0 Å². The molecule has 0 heterocycles. The lowest BCUT2D eigenvalue weighted by Gasteiger charge is -2.18. The number of nitrogens with zero attached hydrogens (tertiary/aromatic N) is 1.